The Morgan fingerprint density at radius 3 is 2.40 bits per heavy atom. The first-order valence-electron chi connectivity index (χ1n) is 7.31. The maximum Gasteiger partial charge on any atom is 0.245 e. The summed E-state index contributed by atoms with van der Waals surface area (Å²) in [5.74, 6) is -0.684. The summed E-state index contributed by atoms with van der Waals surface area (Å²) in [6.45, 7) is 0.983. The largest absolute Gasteiger partial charge is 0.324 e. The van der Waals surface area contributed by atoms with Gasteiger partial charge in [0, 0.05) is 11.3 Å². The van der Waals surface area contributed by atoms with Crippen molar-refractivity contribution in [3.8, 4) is 0 Å². The van der Waals surface area contributed by atoms with E-state index in [9.17, 15) is 18.0 Å². The van der Waals surface area contributed by atoms with Gasteiger partial charge in [0.25, 0.3) is 0 Å². The average Bonchev–Trinajstić information content (AvgIpc) is 2.52. The lowest BCUT2D eigenvalue weighted by molar-refractivity contribution is -0.114. The number of nitrogens with zero attached hydrogens (tertiary/aromatic N) is 1. The molecule has 0 bridgehead atoms. The van der Waals surface area contributed by atoms with Gasteiger partial charge in [0.2, 0.25) is 15.9 Å². The minimum absolute atomic E-state index is 0.134. The Hall–Kier alpha value is -2.38. The summed E-state index contributed by atoms with van der Waals surface area (Å²) in [5.41, 5.74) is 1.08. The first-order chi connectivity index (χ1) is 11.7. The molecule has 0 unspecified atom stereocenters. The topological polar surface area (TPSA) is 83.6 Å². The van der Waals surface area contributed by atoms with Gasteiger partial charge in [-0.25, -0.2) is 8.42 Å². The predicted octanol–water partition coefficient (Wildman–Crippen LogP) is 2.95. The van der Waals surface area contributed by atoms with Gasteiger partial charge in [-0.2, -0.15) is 0 Å². The van der Waals surface area contributed by atoms with Crippen molar-refractivity contribution >= 4 is 44.7 Å². The fraction of sp³-hybridized carbons (Fsp3) is 0.176. The van der Waals surface area contributed by atoms with Crippen LogP contribution in [0.4, 0.5) is 11.4 Å². The zero-order valence-corrected chi connectivity index (χ0v) is 15.3. The number of hydrogen-bond donors (Lipinski definition) is 1. The van der Waals surface area contributed by atoms with Gasteiger partial charge in [-0.05, 0) is 31.2 Å². The summed E-state index contributed by atoms with van der Waals surface area (Å²) in [7, 11) is -3.72. The quantitative estimate of drug-likeness (QED) is 0.781. The third kappa shape index (κ3) is 5.04. The summed E-state index contributed by atoms with van der Waals surface area (Å²) < 4.78 is 25.0. The molecule has 1 N–H and O–H groups in total. The normalized spacial score (nSPS) is 11.0. The van der Waals surface area contributed by atoms with Crippen molar-refractivity contribution in [1.29, 1.82) is 0 Å². The second kappa shape index (κ2) is 7.67. The van der Waals surface area contributed by atoms with Crippen LogP contribution in [0.5, 0.6) is 0 Å². The van der Waals surface area contributed by atoms with Crippen molar-refractivity contribution in [2.75, 3.05) is 22.4 Å². The molecule has 25 heavy (non-hydrogen) atoms. The van der Waals surface area contributed by atoms with Crippen molar-refractivity contribution in [3.63, 3.8) is 0 Å². The lowest BCUT2D eigenvalue weighted by Crippen LogP contribution is -2.37. The number of carbonyl (C=O) groups is 2. The molecule has 2 rings (SSSR count). The molecule has 8 heteroatoms. The zero-order valence-electron chi connectivity index (χ0n) is 13.7. The van der Waals surface area contributed by atoms with Gasteiger partial charge in [0.15, 0.2) is 5.78 Å². The Labute approximate surface area is 151 Å². The molecule has 132 valence electrons. The number of halogens is 1. The van der Waals surface area contributed by atoms with E-state index < -0.39 is 22.5 Å². The second-order valence-electron chi connectivity index (χ2n) is 5.41. The van der Waals surface area contributed by atoms with Crippen LogP contribution in [0.3, 0.4) is 0 Å². The number of sulfonamides is 1. The minimum atomic E-state index is -3.72. The molecule has 2 aromatic rings. The fourth-order valence-electron chi connectivity index (χ4n) is 2.18. The molecule has 0 aliphatic heterocycles. The third-order valence-corrected chi connectivity index (χ3v) is 4.81. The molecule has 0 aliphatic rings. The first kappa shape index (κ1) is 19.0. The number of benzene rings is 2. The van der Waals surface area contributed by atoms with E-state index in [4.69, 9.17) is 11.6 Å². The highest BCUT2D eigenvalue weighted by Gasteiger charge is 2.22. The number of para-hydroxylation sites is 1. The number of anilines is 2. The van der Waals surface area contributed by atoms with Crippen LogP contribution in [0.1, 0.15) is 17.3 Å². The van der Waals surface area contributed by atoms with Crippen molar-refractivity contribution < 1.29 is 18.0 Å². The Kier molecular flexibility index (Phi) is 5.81. The van der Waals surface area contributed by atoms with Gasteiger partial charge in [0.1, 0.15) is 6.54 Å². The Morgan fingerprint density at radius 2 is 1.80 bits per heavy atom. The molecular formula is C17H17ClN2O4S. The molecule has 0 saturated carbocycles. The Balaban J connectivity index is 2.23. The Bertz CT molecular complexity index is 912. The van der Waals surface area contributed by atoms with Gasteiger partial charge in [-0.15, -0.1) is 0 Å². The standard InChI is InChI=1S/C17H17ClN2O4S/c1-12(21)13-6-5-7-14(10-13)19-17(22)11-20(25(2,23)24)16-9-4-3-8-15(16)18/h3-10H,11H2,1-2H3,(H,19,22). The Morgan fingerprint density at radius 1 is 1.12 bits per heavy atom. The van der Waals surface area contributed by atoms with Crippen molar-refractivity contribution in [1.82, 2.24) is 0 Å². The molecule has 0 spiro atoms. The molecule has 2 aromatic carbocycles. The van der Waals surface area contributed by atoms with Gasteiger partial charge >= 0.3 is 0 Å². The smallest absolute Gasteiger partial charge is 0.245 e. The molecule has 0 atom stereocenters. The molecule has 0 fully saturated rings. The number of carbonyl (C=O) groups excluding carboxylic acids is 2. The summed E-state index contributed by atoms with van der Waals surface area (Å²) >= 11 is 6.05. The highest BCUT2D eigenvalue weighted by atomic mass is 35.5. The molecule has 0 saturated heterocycles. The molecular weight excluding hydrogens is 364 g/mol. The number of amides is 1. The summed E-state index contributed by atoms with van der Waals surface area (Å²) in [6, 6.07) is 12.8. The number of rotatable bonds is 6. The summed E-state index contributed by atoms with van der Waals surface area (Å²) in [5, 5.41) is 2.81. The van der Waals surface area contributed by atoms with E-state index in [0.29, 0.717) is 11.3 Å². The molecule has 0 radical (unpaired) electrons. The zero-order chi connectivity index (χ0) is 18.6. The fourth-order valence-corrected chi connectivity index (χ4v) is 3.34. The van der Waals surface area contributed by atoms with Crippen LogP contribution in [-0.2, 0) is 14.8 Å². The van der Waals surface area contributed by atoms with Crippen molar-refractivity contribution in [2.24, 2.45) is 0 Å². The number of nitrogens with one attached hydrogen (secondary N) is 1. The van der Waals surface area contributed by atoms with E-state index in [-0.39, 0.29) is 16.5 Å². The molecule has 6 nitrogen and oxygen atoms in total. The third-order valence-electron chi connectivity index (χ3n) is 3.36. The van der Waals surface area contributed by atoms with Crippen LogP contribution in [0.25, 0.3) is 0 Å². The lowest BCUT2D eigenvalue weighted by Gasteiger charge is -2.22. The van der Waals surface area contributed by atoms with Crippen molar-refractivity contribution in [2.45, 2.75) is 6.92 Å². The molecule has 0 aliphatic carbocycles. The van der Waals surface area contributed by atoms with Crippen LogP contribution in [0.2, 0.25) is 5.02 Å². The maximum absolute atomic E-state index is 12.3. The van der Waals surface area contributed by atoms with Crippen LogP contribution in [0.15, 0.2) is 48.5 Å². The van der Waals surface area contributed by atoms with Gasteiger partial charge in [-0.3, -0.25) is 13.9 Å². The van der Waals surface area contributed by atoms with E-state index in [1.54, 1.807) is 36.4 Å². The molecule has 0 aromatic heterocycles. The molecule has 1 amide bonds. The summed E-state index contributed by atoms with van der Waals surface area (Å²) in [4.78, 5) is 23.7. The van der Waals surface area contributed by atoms with Gasteiger partial charge < -0.3 is 5.32 Å². The second-order valence-corrected chi connectivity index (χ2v) is 7.72. The van der Waals surface area contributed by atoms with E-state index in [1.807, 2.05) is 0 Å². The van der Waals surface area contributed by atoms with E-state index in [2.05, 4.69) is 5.32 Å². The number of ketones is 1. The number of hydrogen-bond acceptors (Lipinski definition) is 4. The van der Waals surface area contributed by atoms with Crippen molar-refractivity contribution in [3.05, 3.63) is 59.1 Å². The molecule has 0 heterocycles. The van der Waals surface area contributed by atoms with Crippen LogP contribution in [0, 0.1) is 0 Å². The number of Topliss-reactive ketones (excluding diaryl/α,β-unsaturated/α-hetero) is 1. The van der Waals surface area contributed by atoms with Crippen LogP contribution < -0.4 is 9.62 Å². The summed E-state index contributed by atoms with van der Waals surface area (Å²) in [6.07, 6.45) is 1.000. The van der Waals surface area contributed by atoms with Gasteiger partial charge in [0.05, 0.1) is 17.0 Å². The monoisotopic (exact) mass is 380 g/mol. The van der Waals surface area contributed by atoms with Crippen LogP contribution in [-0.4, -0.2) is 32.9 Å². The van der Waals surface area contributed by atoms with E-state index in [1.165, 1.54) is 19.1 Å². The van der Waals surface area contributed by atoms with Crippen LogP contribution >= 0.6 is 11.6 Å². The maximum atomic E-state index is 12.3. The van der Waals surface area contributed by atoms with E-state index in [0.717, 1.165) is 10.6 Å². The van der Waals surface area contributed by atoms with Gasteiger partial charge in [-0.1, -0.05) is 35.9 Å². The minimum Gasteiger partial charge on any atom is -0.324 e. The highest BCUT2D eigenvalue weighted by Crippen LogP contribution is 2.27. The average molecular weight is 381 g/mol. The SMILES string of the molecule is CC(=O)c1cccc(NC(=O)CN(c2ccccc2Cl)S(C)(=O)=O)c1. The van der Waals surface area contributed by atoms with E-state index >= 15 is 0 Å². The lowest BCUT2D eigenvalue weighted by atomic mass is 10.1. The highest BCUT2D eigenvalue weighted by molar-refractivity contribution is 7.92. The predicted molar refractivity (Wildman–Crippen MR) is 98.7 cm³/mol. The first-order valence-corrected chi connectivity index (χ1v) is 9.54.